The number of thioether (sulfide) groups is 1. The Hall–Kier alpha value is -0.780. The van der Waals surface area contributed by atoms with Gasteiger partial charge >= 0.3 is 0 Å². The van der Waals surface area contributed by atoms with Crippen molar-refractivity contribution >= 4 is 29.1 Å². The highest BCUT2D eigenvalue weighted by atomic mass is 35.5. The Morgan fingerprint density at radius 3 is 2.69 bits per heavy atom. The molecule has 16 heavy (non-hydrogen) atoms. The van der Waals surface area contributed by atoms with Gasteiger partial charge in [0.1, 0.15) is 0 Å². The zero-order valence-corrected chi connectivity index (χ0v) is 10.5. The van der Waals surface area contributed by atoms with Crippen LogP contribution in [0.15, 0.2) is 23.1 Å². The molecule has 1 N–H and O–H groups in total. The van der Waals surface area contributed by atoms with Gasteiger partial charge in [-0.25, -0.2) is 0 Å². The average Bonchev–Trinajstić information content (AvgIpc) is 2.14. The minimum Gasteiger partial charge on any atom is -0.390 e. The van der Waals surface area contributed by atoms with E-state index in [0.717, 1.165) is 0 Å². The molecule has 1 aromatic rings. The first-order valence-electron chi connectivity index (χ1n) is 4.59. The fourth-order valence-electron chi connectivity index (χ4n) is 1.01. The Morgan fingerprint density at radius 1 is 1.56 bits per heavy atom. The number of aliphatic hydroxyl groups is 1. The molecule has 1 aromatic carbocycles. The molecule has 0 spiro atoms. The lowest BCUT2D eigenvalue weighted by Gasteiger charge is -2.15. The summed E-state index contributed by atoms with van der Waals surface area (Å²) in [4.78, 5) is 10.8. The molecule has 6 heteroatoms. The Bertz CT molecular complexity index is 404. The maximum absolute atomic E-state index is 10.8. The van der Waals surface area contributed by atoms with E-state index in [2.05, 4.69) is 0 Å². The summed E-state index contributed by atoms with van der Waals surface area (Å²) in [5.74, 6) is 0.384. The molecular formula is C10H12ClNO3S. The predicted octanol–water partition coefficient (Wildman–Crippen LogP) is 3.11. The number of halogens is 1. The fourth-order valence-corrected chi connectivity index (χ4v) is 2.13. The van der Waals surface area contributed by atoms with Crippen molar-refractivity contribution in [2.45, 2.75) is 24.3 Å². The zero-order valence-electron chi connectivity index (χ0n) is 8.94. The van der Waals surface area contributed by atoms with E-state index in [-0.39, 0.29) is 5.69 Å². The van der Waals surface area contributed by atoms with Crippen molar-refractivity contribution in [2.24, 2.45) is 0 Å². The molecule has 4 nitrogen and oxygen atoms in total. The van der Waals surface area contributed by atoms with Gasteiger partial charge in [0.25, 0.3) is 5.69 Å². The van der Waals surface area contributed by atoms with Crippen LogP contribution in [0.5, 0.6) is 0 Å². The van der Waals surface area contributed by atoms with E-state index in [4.69, 9.17) is 11.6 Å². The summed E-state index contributed by atoms with van der Waals surface area (Å²) in [5.41, 5.74) is -0.889. The maximum Gasteiger partial charge on any atom is 0.284 e. The molecule has 0 fully saturated rings. The van der Waals surface area contributed by atoms with Crippen molar-refractivity contribution in [3.05, 3.63) is 33.3 Å². The molecular weight excluding hydrogens is 250 g/mol. The van der Waals surface area contributed by atoms with Gasteiger partial charge in [0.2, 0.25) is 0 Å². The van der Waals surface area contributed by atoms with Crippen molar-refractivity contribution < 1.29 is 10.0 Å². The summed E-state index contributed by atoms with van der Waals surface area (Å²) in [7, 11) is 0. The van der Waals surface area contributed by atoms with Gasteiger partial charge in [-0.15, -0.1) is 11.8 Å². The largest absolute Gasteiger partial charge is 0.390 e. The van der Waals surface area contributed by atoms with E-state index in [1.807, 2.05) is 0 Å². The SMILES string of the molecule is CC(C)(O)CSc1ccc(Cl)cc1[N+](=O)[O-]. The monoisotopic (exact) mass is 261 g/mol. The number of hydrogen-bond donors (Lipinski definition) is 1. The van der Waals surface area contributed by atoms with E-state index < -0.39 is 10.5 Å². The van der Waals surface area contributed by atoms with Crippen LogP contribution >= 0.6 is 23.4 Å². The normalized spacial score (nSPS) is 11.5. The first-order chi connectivity index (χ1) is 7.29. The van der Waals surface area contributed by atoms with Crippen LogP contribution in [-0.2, 0) is 0 Å². The molecule has 1 rings (SSSR count). The van der Waals surface area contributed by atoms with Crippen molar-refractivity contribution in [1.82, 2.24) is 0 Å². The van der Waals surface area contributed by atoms with Gasteiger partial charge in [0.15, 0.2) is 0 Å². The molecule has 0 aromatic heterocycles. The number of nitro groups is 1. The van der Waals surface area contributed by atoms with Gasteiger partial charge in [-0.05, 0) is 26.0 Å². The second kappa shape index (κ2) is 5.03. The molecule has 0 aliphatic carbocycles. The smallest absolute Gasteiger partial charge is 0.284 e. The quantitative estimate of drug-likeness (QED) is 0.514. The molecule has 0 radical (unpaired) electrons. The zero-order chi connectivity index (χ0) is 12.3. The lowest BCUT2D eigenvalue weighted by Crippen LogP contribution is -2.21. The van der Waals surface area contributed by atoms with Crippen LogP contribution in [0.4, 0.5) is 5.69 Å². The summed E-state index contributed by atoms with van der Waals surface area (Å²) in [6.45, 7) is 3.31. The average molecular weight is 262 g/mol. The molecule has 0 bridgehead atoms. The molecule has 0 aliphatic heterocycles. The first kappa shape index (κ1) is 13.3. The predicted molar refractivity (Wildman–Crippen MR) is 65.1 cm³/mol. The van der Waals surface area contributed by atoms with Crippen LogP contribution in [0.3, 0.4) is 0 Å². The Balaban J connectivity index is 2.91. The number of nitrogens with zero attached hydrogens (tertiary/aromatic N) is 1. The number of benzene rings is 1. The molecule has 0 amide bonds. The van der Waals surface area contributed by atoms with Gasteiger partial charge in [0, 0.05) is 16.8 Å². The van der Waals surface area contributed by atoms with Crippen LogP contribution in [0.1, 0.15) is 13.8 Å². The third kappa shape index (κ3) is 4.00. The molecule has 0 heterocycles. The minimum absolute atomic E-state index is 0.0262. The van der Waals surface area contributed by atoms with Crippen molar-refractivity contribution in [3.63, 3.8) is 0 Å². The van der Waals surface area contributed by atoms with Gasteiger partial charge in [0.05, 0.1) is 15.4 Å². The second-order valence-corrected chi connectivity index (χ2v) is 5.42. The summed E-state index contributed by atoms with van der Waals surface area (Å²) >= 11 is 6.93. The number of hydrogen-bond acceptors (Lipinski definition) is 4. The Kier molecular flexibility index (Phi) is 4.18. The molecule has 0 saturated carbocycles. The van der Waals surface area contributed by atoms with E-state index in [1.54, 1.807) is 26.0 Å². The molecule has 0 aliphatic rings. The van der Waals surface area contributed by atoms with E-state index in [0.29, 0.717) is 15.7 Å². The number of nitro benzene ring substituents is 1. The van der Waals surface area contributed by atoms with Crippen molar-refractivity contribution in [3.8, 4) is 0 Å². The van der Waals surface area contributed by atoms with Gasteiger partial charge in [-0.1, -0.05) is 11.6 Å². The third-order valence-corrected chi connectivity index (χ3v) is 3.44. The topological polar surface area (TPSA) is 63.4 Å². The highest BCUT2D eigenvalue weighted by Crippen LogP contribution is 2.33. The molecule has 0 atom stereocenters. The molecule has 0 saturated heterocycles. The van der Waals surface area contributed by atoms with E-state index >= 15 is 0 Å². The fraction of sp³-hybridized carbons (Fsp3) is 0.400. The van der Waals surface area contributed by atoms with E-state index in [9.17, 15) is 15.2 Å². The Labute approximate surface area is 103 Å². The highest BCUT2D eigenvalue weighted by Gasteiger charge is 2.19. The second-order valence-electron chi connectivity index (χ2n) is 3.97. The van der Waals surface area contributed by atoms with Crippen LogP contribution in [0, 0.1) is 10.1 Å². The minimum atomic E-state index is -0.863. The third-order valence-electron chi connectivity index (χ3n) is 1.70. The van der Waals surface area contributed by atoms with Crippen LogP contribution in [0.2, 0.25) is 5.02 Å². The van der Waals surface area contributed by atoms with Gasteiger partial charge in [-0.3, -0.25) is 10.1 Å². The number of rotatable bonds is 4. The Morgan fingerprint density at radius 2 is 2.19 bits per heavy atom. The van der Waals surface area contributed by atoms with Gasteiger partial charge < -0.3 is 5.11 Å². The molecule has 0 unspecified atom stereocenters. The van der Waals surface area contributed by atoms with Crippen LogP contribution < -0.4 is 0 Å². The van der Waals surface area contributed by atoms with E-state index in [1.165, 1.54) is 17.8 Å². The van der Waals surface area contributed by atoms with Gasteiger partial charge in [-0.2, -0.15) is 0 Å². The summed E-state index contributed by atoms with van der Waals surface area (Å²) in [5, 5.41) is 20.6. The van der Waals surface area contributed by atoms with Crippen LogP contribution in [0.25, 0.3) is 0 Å². The summed E-state index contributed by atoms with van der Waals surface area (Å²) in [6, 6.07) is 4.51. The van der Waals surface area contributed by atoms with Crippen LogP contribution in [-0.4, -0.2) is 21.4 Å². The lowest BCUT2D eigenvalue weighted by atomic mass is 10.2. The standard InChI is InChI=1S/C10H12ClNO3S/c1-10(2,13)6-16-9-4-3-7(11)5-8(9)12(14)15/h3-5,13H,6H2,1-2H3. The molecule has 88 valence electrons. The van der Waals surface area contributed by atoms with Crippen molar-refractivity contribution in [1.29, 1.82) is 0 Å². The summed E-state index contributed by atoms with van der Waals surface area (Å²) in [6.07, 6.45) is 0. The first-order valence-corrected chi connectivity index (χ1v) is 5.95. The van der Waals surface area contributed by atoms with Crippen molar-refractivity contribution in [2.75, 3.05) is 5.75 Å². The lowest BCUT2D eigenvalue weighted by molar-refractivity contribution is -0.387. The maximum atomic E-state index is 10.8. The summed E-state index contributed by atoms with van der Waals surface area (Å²) < 4.78 is 0. The highest BCUT2D eigenvalue weighted by molar-refractivity contribution is 7.99.